The summed E-state index contributed by atoms with van der Waals surface area (Å²) in [4.78, 5) is 30.4. The average molecular weight is 603 g/mol. The predicted molar refractivity (Wildman–Crippen MR) is 162 cm³/mol. The van der Waals surface area contributed by atoms with Gasteiger partial charge in [0, 0.05) is 63.2 Å². The van der Waals surface area contributed by atoms with Crippen molar-refractivity contribution in [2.24, 2.45) is 14.1 Å². The van der Waals surface area contributed by atoms with Crippen molar-refractivity contribution in [2.45, 2.75) is 57.7 Å². The summed E-state index contributed by atoms with van der Waals surface area (Å²) in [5.41, 5.74) is 7.89. The molecule has 0 spiro atoms. The Morgan fingerprint density at radius 3 is 2.59 bits per heavy atom. The highest BCUT2D eigenvalue weighted by molar-refractivity contribution is 6.07. The lowest BCUT2D eigenvalue weighted by molar-refractivity contribution is -0.134. The zero-order valence-electron chi connectivity index (χ0n) is 25.0. The van der Waals surface area contributed by atoms with E-state index in [1.165, 1.54) is 15.8 Å². The van der Waals surface area contributed by atoms with Gasteiger partial charge in [-0.15, -0.1) is 0 Å². The molecule has 0 saturated carbocycles. The summed E-state index contributed by atoms with van der Waals surface area (Å²) in [6.07, 6.45) is 6.32. The van der Waals surface area contributed by atoms with Crippen molar-refractivity contribution in [3.63, 3.8) is 0 Å². The van der Waals surface area contributed by atoms with Gasteiger partial charge in [0.2, 0.25) is 0 Å². The van der Waals surface area contributed by atoms with Crippen LogP contribution in [0.1, 0.15) is 57.1 Å². The summed E-state index contributed by atoms with van der Waals surface area (Å²) in [5, 5.41) is 15.2. The van der Waals surface area contributed by atoms with Gasteiger partial charge in [-0.2, -0.15) is 5.10 Å². The fourth-order valence-corrected chi connectivity index (χ4v) is 7.14. The number of likely N-dealkylation sites (tertiary alicyclic amines) is 1. The minimum Gasteiger partial charge on any atom is -0.392 e. The Morgan fingerprint density at radius 1 is 1.02 bits per heavy atom. The molecular weight excluding hydrogens is 566 g/mol. The number of hydrogen-bond acceptors (Lipinski definition) is 5. The lowest BCUT2D eigenvalue weighted by Gasteiger charge is -2.38. The SMILES string of the molecule is Cn1nc(Cc2cc(-c3cccc(N4CCn5c(cc6c5CCCC6)C4=O)c3CO)cn(C)c2=O)cc1CN1CC(F)(F)C1. The van der Waals surface area contributed by atoms with E-state index in [9.17, 15) is 23.5 Å². The van der Waals surface area contributed by atoms with Crippen LogP contribution in [0.25, 0.3) is 11.1 Å². The summed E-state index contributed by atoms with van der Waals surface area (Å²) >= 11 is 0. The first-order valence-electron chi connectivity index (χ1n) is 15.2. The van der Waals surface area contributed by atoms with Crippen LogP contribution in [0.15, 0.2) is 47.4 Å². The minimum atomic E-state index is -2.63. The molecule has 5 heterocycles. The van der Waals surface area contributed by atoms with Crippen molar-refractivity contribution in [1.82, 2.24) is 23.8 Å². The lowest BCUT2D eigenvalue weighted by Crippen LogP contribution is -2.55. The molecule has 3 aromatic heterocycles. The molecule has 1 fully saturated rings. The second-order valence-corrected chi connectivity index (χ2v) is 12.4. The van der Waals surface area contributed by atoms with Crippen molar-refractivity contribution < 1.29 is 18.7 Å². The fraction of sp³-hybridized carbons (Fsp3) is 0.424. The number of benzene rings is 1. The highest BCUT2D eigenvalue weighted by Crippen LogP contribution is 2.35. The number of carbonyl (C=O) groups is 1. The van der Waals surface area contributed by atoms with E-state index in [2.05, 4.69) is 9.67 Å². The molecule has 4 aromatic rings. The Kier molecular flexibility index (Phi) is 7.05. The van der Waals surface area contributed by atoms with Crippen LogP contribution in [0.2, 0.25) is 0 Å². The van der Waals surface area contributed by atoms with Crippen LogP contribution in [0, 0.1) is 0 Å². The van der Waals surface area contributed by atoms with Gasteiger partial charge < -0.3 is 19.1 Å². The molecule has 11 heteroatoms. The van der Waals surface area contributed by atoms with E-state index in [1.807, 2.05) is 36.4 Å². The number of pyridine rings is 1. The number of alkyl halides is 2. The smallest absolute Gasteiger partial charge is 0.274 e. The van der Waals surface area contributed by atoms with Gasteiger partial charge in [0.05, 0.1) is 36.8 Å². The molecule has 7 rings (SSSR count). The third-order valence-electron chi connectivity index (χ3n) is 9.28. The van der Waals surface area contributed by atoms with E-state index in [-0.39, 0.29) is 37.6 Å². The molecule has 2 aliphatic heterocycles. The molecule has 0 atom stereocenters. The summed E-state index contributed by atoms with van der Waals surface area (Å²) in [5.74, 6) is -2.70. The van der Waals surface area contributed by atoms with Gasteiger partial charge in [-0.3, -0.25) is 19.2 Å². The Hall–Kier alpha value is -4.09. The van der Waals surface area contributed by atoms with E-state index < -0.39 is 5.92 Å². The van der Waals surface area contributed by atoms with Crippen LogP contribution in [0.3, 0.4) is 0 Å². The van der Waals surface area contributed by atoms with Crippen molar-refractivity contribution in [3.05, 3.63) is 92.4 Å². The van der Waals surface area contributed by atoms with Gasteiger partial charge in [-0.1, -0.05) is 12.1 Å². The van der Waals surface area contributed by atoms with Crippen LogP contribution >= 0.6 is 0 Å². The number of hydrogen-bond donors (Lipinski definition) is 1. The van der Waals surface area contributed by atoms with Gasteiger partial charge in [0.1, 0.15) is 5.69 Å². The van der Waals surface area contributed by atoms with Gasteiger partial charge >= 0.3 is 0 Å². The summed E-state index contributed by atoms with van der Waals surface area (Å²) < 4.78 is 32.0. The number of amides is 1. The average Bonchev–Trinajstić information content (AvgIpc) is 3.54. The Labute approximate surface area is 253 Å². The standard InChI is InChI=1S/C33H36F2N6O3/c1-37-16-23(12-22(31(37)43)13-24-15-25(38(2)36-24)17-39-19-33(34,35)20-39)26-7-5-9-29(27(26)18-42)41-11-10-40-28-8-4-3-6-21(28)14-30(40)32(41)44/h5,7,9,12,14-16,42H,3-4,6,8,10-11,13,17-20H2,1-2H3. The molecule has 1 aliphatic carbocycles. The second kappa shape index (κ2) is 10.8. The number of anilines is 1. The molecule has 1 N–H and O–H groups in total. The number of rotatable bonds is 7. The van der Waals surface area contributed by atoms with Crippen molar-refractivity contribution in [1.29, 1.82) is 0 Å². The normalized spacial score (nSPS) is 17.8. The third kappa shape index (κ3) is 4.97. The number of carbonyl (C=O) groups excluding carboxylic acids is 1. The van der Waals surface area contributed by atoms with E-state index in [0.29, 0.717) is 47.8 Å². The number of fused-ring (bicyclic) bond motifs is 3. The number of nitrogens with zero attached hydrogens (tertiary/aromatic N) is 6. The largest absolute Gasteiger partial charge is 0.392 e. The van der Waals surface area contributed by atoms with Crippen LogP contribution in [0.5, 0.6) is 0 Å². The first-order valence-corrected chi connectivity index (χ1v) is 15.2. The maximum atomic E-state index is 13.8. The van der Waals surface area contributed by atoms with Gasteiger partial charge in [0.25, 0.3) is 17.4 Å². The highest BCUT2D eigenvalue weighted by atomic mass is 19.3. The third-order valence-corrected chi connectivity index (χ3v) is 9.28. The topological polar surface area (TPSA) is 88.5 Å². The maximum absolute atomic E-state index is 13.8. The number of halogens is 2. The molecule has 0 bridgehead atoms. The Bertz CT molecular complexity index is 1830. The van der Waals surface area contributed by atoms with E-state index in [0.717, 1.165) is 42.5 Å². The van der Waals surface area contributed by atoms with Crippen molar-refractivity contribution in [3.8, 4) is 11.1 Å². The molecule has 44 heavy (non-hydrogen) atoms. The molecule has 3 aliphatic rings. The molecule has 1 amide bonds. The minimum absolute atomic E-state index is 0.0634. The van der Waals surface area contributed by atoms with Crippen LogP contribution in [-0.2, 0) is 53.1 Å². The van der Waals surface area contributed by atoms with E-state index >= 15 is 0 Å². The van der Waals surface area contributed by atoms with Gasteiger partial charge in [-0.25, -0.2) is 8.78 Å². The van der Waals surface area contributed by atoms with Crippen LogP contribution < -0.4 is 10.5 Å². The molecule has 9 nitrogen and oxygen atoms in total. The van der Waals surface area contributed by atoms with E-state index in [4.69, 9.17) is 0 Å². The zero-order valence-corrected chi connectivity index (χ0v) is 25.0. The first-order chi connectivity index (χ1) is 21.1. The number of aromatic nitrogens is 4. The molecular formula is C33H36F2N6O3. The number of aryl methyl sites for hydroxylation is 3. The maximum Gasteiger partial charge on any atom is 0.274 e. The quantitative estimate of drug-likeness (QED) is 0.349. The molecule has 1 saturated heterocycles. The zero-order chi connectivity index (χ0) is 30.7. The predicted octanol–water partition coefficient (Wildman–Crippen LogP) is 3.66. The van der Waals surface area contributed by atoms with E-state index in [1.54, 1.807) is 34.8 Å². The summed E-state index contributed by atoms with van der Waals surface area (Å²) in [6.45, 7) is 0.789. The Morgan fingerprint density at radius 2 is 1.82 bits per heavy atom. The fourth-order valence-electron chi connectivity index (χ4n) is 7.14. The highest BCUT2D eigenvalue weighted by Gasteiger charge is 2.43. The van der Waals surface area contributed by atoms with Gasteiger partial charge in [0.15, 0.2) is 0 Å². The molecule has 0 radical (unpaired) electrons. The lowest BCUT2D eigenvalue weighted by atomic mass is 9.96. The van der Waals surface area contributed by atoms with Gasteiger partial charge in [-0.05, 0) is 66.6 Å². The van der Waals surface area contributed by atoms with Crippen LogP contribution in [-0.4, -0.2) is 60.4 Å². The summed E-state index contributed by atoms with van der Waals surface area (Å²) in [6, 6.07) is 11.4. The number of aliphatic hydroxyl groups is 1. The molecule has 0 unspecified atom stereocenters. The molecule has 230 valence electrons. The monoisotopic (exact) mass is 602 g/mol. The second-order valence-electron chi connectivity index (χ2n) is 12.4. The number of aliphatic hydroxyl groups excluding tert-OH is 1. The van der Waals surface area contributed by atoms with Crippen LogP contribution in [0.4, 0.5) is 14.5 Å². The molecule has 1 aromatic carbocycles. The first kappa shape index (κ1) is 28.7. The van der Waals surface area contributed by atoms with Crippen molar-refractivity contribution in [2.75, 3.05) is 24.5 Å². The summed E-state index contributed by atoms with van der Waals surface area (Å²) in [7, 11) is 3.47. The Balaban J connectivity index is 1.19. The van der Waals surface area contributed by atoms with Crippen molar-refractivity contribution >= 4 is 11.6 Å².